The van der Waals surface area contributed by atoms with Gasteiger partial charge in [-0.3, -0.25) is 4.98 Å². The number of ether oxygens (including phenoxy) is 1. The van der Waals surface area contributed by atoms with Gasteiger partial charge in [0.05, 0.1) is 19.0 Å². The van der Waals surface area contributed by atoms with Crippen LogP contribution in [0.3, 0.4) is 0 Å². The van der Waals surface area contributed by atoms with E-state index in [9.17, 15) is 4.79 Å². The van der Waals surface area contributed by atoms with Crippen molar-refractivity contribution < 1.29 is 9.53 Å². The molecular formula is C10H13N2O2. The minimum absolute atomic E-state index is 0.236. The van der Waals surface area contributed by atoms with E-state index in [-0.39, 0.29) is 5.69 Å². The molecule has 1 radical (unpaired) electrons. The zero-order chi connectivity index (χ0) is 10.2. The first-order chi connectivity index (χ1) is 6.84. The minimum Gasteiger partial charge on any atom is -0.461 e. The molecule has 1 rings (SSSR count). The smallest absolute Gasteiger partial charge is 0.358 e. The lowest BCUT2D eigenvalue weighted by Gasteiger charge is -2.02. The standard InChI is InChI=1S/C10H13N2O2/c1-2-3-4-7-14-10(13)9-8-11-5-6-12-9/h6,8H,2-4,7H2,1H3. The molecule has 0 aliphatic rings. The lowest BCUT2D eigenvalue weighted by Crippen LogP contribution is -2.08. The van der Waals surface area contributed by atoms with Crippen LogP contribution in [-0.2, 0) is 4.74 Å². The molecule has 0 amide bonds. The number of unbranched alkanes of at least 4 members (excludes halogenated alkanes) is 2. The molecule has 0 aliphatic heterocycles. The van der Waals surface area contributed by atoms with Crippen LogP contribution in [-0.4, -0.2) is 22.5 Å². The Kier molecular flexibility index (Phi) is 4.61. The summed E-state index contributed by atoms with van der Waals surface area (Å²) < 4.78 is 4.97. The summed E-state index contributed by atoms with van der Waals surface area (Å²) in [5.41, 5.74) is 0.236. The molecule has 0 bridgehead atoms. The second kappa shape index (κ2) is 6.07. The Labute approximate surface area is 83.3 Å². The van der Waals surface area contributed by atoms with Crippen molar-refractivity contribution in [3.8, 4) is 0 Å². The highest BCUT2D eigenvalue weighted by atomic mass is 16.5. The number of carbonyl (C=O) groups excluding carboxylic acids is 1. The van der Waals surface area contributed by atoms with E-state index >= 15 is 0 Å². The Balaban J connectivity index is 2.29. The predicted octanol–water partition coefficient (Wildman–Crippen LogP) is 1.62. The van der Waals surface area contributed by atoms with E-state index in [0.29, 0.717) is 6.61 Å². The molecule has 75 valence electrons. The fourth-order valence-corrected chi connectivity index (χ4v) is 0.960. The molecule has 1 heterocycles. The normalized spacial score (nSPS) is 9.79. The first kappa shape index (κ1) is 10.6. The average molecular weight is 193 g/mol. The SMILES string of the molecule is CCCCCOC(=O)c1cn[c]cn1. The molecule has 0 fully saturated rings. The van der Waals surface area contributed by atoms with Gasteiger partial charge in [0, 0.05) is 0 Å². The largest absolute Gasteiger partial charge is 0.461 e. The van der Waals surface area contributed by atoms with Crippen molar-refractivity contribution in [2.45, 2.75) is 26.2 Å². The van der Waals surface area contributed by atoms with E-state index in [4.69, 9.17) is 4.74 Å². The van der Waals surface area contributed by atoms with Crippen LogP contribution in [0.1, 0.15) is 36.7 Å². The summed E-state index contributed by atoms with van der Waals surface area (Å²) in [6.07, 6.45) is 8.27. The van der Waals surface area contributed by atoms with Crippen molar-refractivity contribution in [2.24, 2.45) is 0 Å². The van der Waals surface area contributed by atoms with Gasteiger partial charge in [0.15, 0.2) is 5.69 Å². The van der Waals surface area contributed by atoms with Crippen LogP contribution in [0.25, 0.3) is 0 Å². The molecule has 4 nitrogen and oxygen atoms in total. The van der Waals surface area contributed by atoms with Gasteiger partial charge in [-0.05, 0) is 6.42 Å². The lowest BCUT2D eigenvalue weighted by atomic mass is 10.3. The number of carbonyl (C=O) groups is 1. The summed E-state index contributed by atoms with van der Waals surface area (Å²) in [4.78, 5) is 18.7. The summed E-state index contributed by atoms with van der Waals surface area (Å²) in [6.45, 7) is 2.55. The Hall–Kier alpha value is -1.45. The highest BCUT2D eigenvalue weighted by Gasteiger charge is 2.07. The molecule has 1 aromatic rings. The van der Waals surface area contributed by atoms with E-state index in [1.165, 1.54) is 12.4 Å². The summed E-state index contributed by atoms with van der Waals surface area (Å²) in [6, 6.07) is 0. The molecule has 14 heavy (non-hydrogen) atoms. The summed E-state index contributed by atoms with van der Waals surface area (Å²) in [7, 11) is 0. The van der Waals surface area contributed by atoms with Gasteiger partial charge in [-0.25, -0.2) is 9.78 Å². The van der Waals surface area contributed by atoms with Crippen LogP contribution in [0.5, 0.6) is 0 Å². The second-order valence-electron chi connectivity index (χ2n) is 2.87. The number of hydrogen-bond acceptors (Lipinski definition) is 4. The number of nitrogens with zero attached hydrogens (tertiary/aromatic N) is 2. The van der Waals surface area contributed by atoms with Gasteiger partial charge in [-0.2, -0.15) is 0 Å². The molecule has 0 atom stereocenters. The van der Waals surface area contributed by atoms with Crippen LogP contribution < -0.4 is 0 Å². The number of esters is 1. The number of rotatable bonds is 5. The van der Waals surface area contributed by atoms with Crippen LogP contribution in [0.4, 0.5) is 0 Å². The lowest BCUT2D eigenvalue weighted by molar-refractivity contribution is 0.0490. The molecular weight excluding hydrogens is 180 g/mol. The quantitative estimate of drug-likeness (QED) is 0.526. The van der Waals surface area contributed by atoms with E-state index in [1.807, 2.05) is 0 Å². The van der Waals surface area contributed by atoms with Crippen molar-refractivity contribution in [2.75, 3.05) is 6.61 Å². The van der Waals surface area contributed by atoms with Crippen molar-refractivity contribution in [1.29, 1.82) is 0 Å². The maximum Gasteiger partial charge on any atom is 0.358 e. The van der Waals surface area contributed by atoms with Gasteiger partial charge < -0.3 is 4.74 Å². The van der Waals surface area contributed by atoms with E-state index < -0.39 is 5.97 Å². The first-order valence-corrected chi connectivity index (χ1v) is 4.69. The van der Waals surface area contributed by atoms with Gasteiger partial charge in [0.2, 0.25) is 0 Å². The van der Waals surface area contributed by atoms with Crippen LogP contribution in [0.15, 0.2) is 12.4 Å². The topological polar surface area (TPSA) is 52.1 Å². The number of aromatic nitrogens is 2. The Morgan fingerprint density at radius 2 is 2.43 bits per heavy atom. The van der Waals surface area contributed by atoms with Crippen LogP contribution >= 0.6 is 0 Å². The average Bonchev–Trinajstić information content (AvgIpc) is 2.25. The molecule has 0 saturated carbocycles. The van der Waals surface area contributed by atoms with Crippen molar-refractivity contribution >= 4 is 5.97 Å². The fraction of sp³-hybridized carbons (Fsp3) is 0.500. The Morgan fingerprint density at radius 3 is 3.07 bits per heavy atom. The van der Waals surface area contributed by atoms with E-state index in [2.05, 4.69) is 23.1 Å². The summed E-state index contributed by atoms with van der Waals surface area (Å²) >= 11 is 0. The Bertz CT molecular complexity index is 275. The Morgan fingerprint density at radius 1 is 1.57 bits per heavy atom. The maximum absolute atomic E-state index is 11.3. The maximum atomic E-state index is 11.3. The van der Waals surface area contributed by atoms with E-state index in [0.717, 1.165) is 19.3 Å². The van der Waals surface area contributed by atoms with Gasteiger partial charge >= 0.3 is 5.97 Å². The van der Waals surface area contributed by atoms with Gasteiger partial charge in [0.1, 0.15) is 6.20 Å². The van der Waals surface area contributed by atoms with Crippen LogP contribution in [0, 0.1) is 6.20 Å². The molecule has 0 aromatic carbocycles. The third kappa shape index (κ3) is 3.51. The molecule has 1 aromatic heterocycles. The third-order valence-corrected chi connectivity index (χ3v) is 1.71. The summed E-state index contributed by atoms with van der Waals surface area (Å²) in [5.74, 6) is -0.414. The molecule has 0 N–H and O–H groups in total. The van der Waals surface area contributed by atoms with Gasteiger partial charge in [-0.1, -0.05) is 19.8 Å². The second-order valence-corrected chi connectivity index (χ2v) is 2.87. The minimum atomic E-state index is -0.414. The molecule has 0 spiro atoms. The van der Waals surface area contributed by atoms with Gasteiger partial charge in [0.25, 0.3) is 0 Å². The van der Waals surface area contributed by atoms with Crippen molar-refractivity contribution in [1.82, 2.24) is 9.97 Å². The predicted molar refractivity (Wildman–Crippen MR) is 50.7 cm³/mol. The monoisotopic (exact) mass is 193 g/mol. The molecule has 0 unspecified atom stereocenters. The molecule has 4 heteroatoms. The molecule has 0 saturated heterocycles. The summed E-state index contributed by atoms with van der Waals surface area (Å²) in [5, 5.41) is 0. The van der Waals surface area contributed by atoms with Gasteiger partial charge in [-0.15, -0.1) is 0 Å². The van der Waals surface area contributed by atoms with Crippen LogP contribution in [0.2, 0.25) is 0 Å². The third-order valence-electron chi connectivity index (χ3n) is 1.71. The van der Waals surface area contributed by atoms with Crippen molar-refractivity contribution in [3.05, 3.63) is 24.3 Å². The molecule has 0 aliphatic carbocycles. The van der Waals surface area contributed by atoms with Crippen molar-refractivity contribution in [3.63, 3.8) is 0 Å². The number of hydrogen-bond donors (Lipinski definition) is 0. The van der Waals surface area contributed by atoms with E-state index in [1.54, 1.807) is 0 Å². The zero-order valence-electron chi connectivity index (χ0n) is 8.19. The highest BCUT2D eigenvalue weighted by Crippen LogP contribution is 1.98. The zero-order valence-corrected chi connectivity index (χ0v) is 8.19. The first-order valence-electron chi connectivity index (χ1n) is 4.69. The highest BCUT2D eigenvalue weighted by molar-refractivity contribution is 5.86. The fourth-order valence-electron chi connectivity index (χ4n) is 0.960.